The van der Waals surface area contributed by atoms with E-state index in [0.717, 1.165) is 17.1 Å². The van der Waals surface area contributed by atoms with Crippen LogP contribution < -0.4 is 14.8 Å². The van der Waals surface area contributed by atoms with Crippen molar-refractivity contribution >= 4 is 23.5 Å². The van der Waals surface area contributed by atoms with Crippen LogP contribution in [0.2, 0.25) is 0 Å². The molecule has 20 heavy (non-hydrogen) atoms. The summed E-state index contributed by atoms with van der Waals surface area (Å²) >= 11 is 4.08. The summed E-state index contributed by atoms with van der Waals surface area (Å²) in [6.07, 6.45) is 0. The SMILES string of the molecule is COc1ccc(OC)c(C(C)NC2CSCCSC2)c1. The second-order valence-electron chi connectivity index (χ2n) is 4.84. The van der Waals surface area contributed by atoms with Gasteiger partial charge in [-0.25, -0.2) is 0 Å². The summed E-state index contributed by atoms with van der Waals surface area (Å²) < 4.78 is 10.8. The van der Waals surface area contributed by atoms with E-state index in [1.807, 2.05) is 35.7 Å². The van der Waals surface area contributed by atoms with Crippen LogP contribution in [-0.2, 0) is 0 Å². The Kier molecular flexibility index (Phi) is 6.39. The van der Waals surface area contributed by atoms with Crippen LogP contribution in [-0.4, -0.2) is 43.3 Å². The third-order valence-electron chi connectivity index (χ3n) is 3.40. The fourth-order valence-electron chi connectivity index (χ4n) is 2.33. The maximum atomic E-state index is 5.47. The van der Waals surface area contributed by atoms with Crippen LogP contribution >= 0.6 is 23.5 Å². The molecule has 1 unspecified atom stereocenters. The zero-order valence-corrected chi connectivity index (χ0v) is 14.0. The van der Waals surface area contributed by atoms with Crippen molar-refractivity contribution in [1.29, 1.82) is 0 Å². The third kappa shape index (κ3) is 4.24. The molecule has 0 bridgehead atoms. The van der Waals surface area contributed by atoms with E-state index in [9.17, 15) is 0 Å². The van der Waals surface area contributed by atoms with Gasteiger partial charge in [-0.3, -0.25) is 0 Å². The Hall–Kier alpha value is -0.520. The first-order chi connectivity index (χ1) is 9.74. The molecule has 112 valence electrons. The molecule has 0 amide bonds. The molecule has 1 saturated heterocycles. The van der Waals surface area contributed by atoms with E-state index in [-0.39, 0.29) is 6.04 Å². The fraction of sp³-hybridized carbons (Fsp3) is 0.600. The third-order valence-corrected chi connectivity index (χ3v) is 5.92. The Morgan fingerprint density at radius 3 is 2.45 bits per heavy atom. The zero-order valence-electron chi connectivity index (χ0n) is 12.3. The predicted molar refractivity (Wildman–Crippen MR) is 89.5 cm³/mol. The summed E-state index contributed by atoms with van der Waals surface area (Å²) in [4.78, 5) is 0. The van der Waals surface area contributed by atoms with Crippen molar-refractivity contribution in [2.45, 2.75) is 19.0 Å². The molecule has 1 aliphatic rings. The van der Waals surface area contributed by atoms with Gasteiger partial charge in [0.1, 0.15) is 11.5 Å². The highest BCUT2D eigenvalue weighted by Gasteiger charge is 2.18. The average Bonchev–Trinajstić information content (AvgIpc) is 2.75. The number of ether oxygens (including phenoxy) is 2. The summed E-state index contributed by atoms with van der Waals surface area (Å²) in [6, 6.07) is 6.78. The van der Waals surface area contributed by atoms with Crippen molar-refractivity contribution in [1.82, 2.24) is 5.32 Å². The summed E-state index contributed by atoms with van der Waals surface area (Å²) in [7, 11) is 3.41. The van der Waals surface area contributed by atoms with Gasteiger partial charge in [0.15, 0.2) is 0 Å². The molecule has 0 saturated carbocycles. The lowest BCUT2D eigenvalue weighted by Gasteiger charge is -2.23. The monoisotopic (exact) mass is 313 g/mol. The summed E-state index contributed by atoms with van der Waals surface area (Å²) in [5.74, 6) is 6.69. The number of hydrogen-bond donors (Lipinski definition) is 1. The Morgan fingerprint density at radius 1 is 1.15 bits per heavy atom. The Balaban J connectivity index is 2.08. The minimum absolute atomic E-state index is 0.254. The van der Waals surface area contributed by atoms with Gasteiger partial charge in [0, 0.05) is 40.7 Å². The molecular formula is C15H23NO2S2. The number of hydrogen-bond acceptors (Lipinski definition) is 5. The van der Waals surface area contributed by atoms with Gasteiger partial charge in [-0.05, 0) is 25.1 Å². The van der Waals surface area contributed by atoms with E-state index in [1.54, 1.807) is 14.2 Å². The molecular weight excluding hydrogens is 290 g/mol. The van der Waals surface area contributed by atoms with Crippen LogP contribution in [0.1, 0.15) is 18.5 Å². The highest BCUT2D eigenvalue weighted by Crippen LogP contribution is 2.30. The first-order valence-corrected chi connectivity index (χ1v) is 9.19. The normalized spacial score (nSPS) is 18.4. The van der Waals surface area contributed by atoms with Gasteiger partial charge in [0.2, 0.25) is 0 Å². The van der Waals surface area contributed by atoms with E-state index in [2.05, 4.69) is 18.3 Å². The summed E-state index contributed by atoms with van der Waals surface area (Å²) in [5.41, 5.74) is 1.16. The van der Waals surface area contributed by atoms with Gasteiger partial charge in [0.25, 0.3) is 0 Å². The molecule has 1 N–H and O–H groups in total. The maximum Gasteiger partial charge on any atom is 0.123 e. The number of thioether (sulfide) groups is 2. The average molecular weight is 313 g/mol. The zero-order chi connectivity index (χ0) is 14.4. The lowest BCUT2D eigenvalue weighted by molar-refractivity contribution is 0.389. The van der Waals surface area contributed by atoms with Crippen molar-refractivity contribution in [3.05, 3.63) is 23.8 Å². The second kappa shape index (κ2) is 8.05. The molecule has 2 rings (SSSR count). The topological polar surface area (TPSA) is 30.5 Å². The van der Waals surface area contributed by atoms with Gasteiger partial charge in [-0.15, -0.1) is 0 Å². The first-order valence-electron chi connectivity index (χ1n) is 6.88. The maximum absolute atomic E-state index is 5.47. The molecule has 1 atom stereocenters. The quantitative estimate of drug-likeness (QED) is 0.902. The van der Waals surface area contributed by atoms with E-state index < -0.39 is 0 Å². The lowest BCUT2D eigenvalue weighted by atomic mass is 10.1. The summed E-state index contributed by atoms with van der Waals surface area (Å²) in [5, 5.41) is 3.72. The minimum Gasteiger partial charge on any atom is -0.497 e. The molecule has 5 heteroatoms. The van der Waals surface area contributed by atoms with E-state index in [4.69, 9.17) is 9.47 Å². The van der Waals surface area contributed by atoms with Crippen molar-refractivity contribution < 1.29 is 9.47 Å². The molecule has 0 aromatic heterocycles. The lowest BCUT2D eigenvalue weighted by Crippen LogP contribution is -2.35. The Bertz CT molecular complexity index is 420. The fourth-order valence-corrected chi connectivity index (χ4v) is 4.76. The number of nitrogens with one attached hydrogen (secondary N) is 1. The standard InChI is InChI=1S/C15H23NO2S2/c1-11(16-12-9-19-6-7-20-10-12)14-8-13(17-2)4-5-15(14)18-3/h4-5,8,11-12,16H,6-7,9-10H2,1-3H3. The van der Waals surface area contributed by atoms with Crippen LogP contribution in [0.25, 0.3) is 0 Å². The van der Waals surface area contributed by atoms with Gasteiger partial charge in [-0.1, -0.05) is 0 Å². The molecule has 3 nitrogen and oxygen atoms in total. The predicted octanol–water partition coefficient (Wildman–Crippen LogP) is 3.20. The van der Waals surface area contributed by atoms with Crippen molar-refractivity contribution in [3.8, 4) is 11.5 Å². The van der Waals surface area contributed by atoms with Gasteiger partial charge in [-0.2, -0.15) is 23.5 Å². The molecule has 1 aromatic rings. The van der Waals surface area contributed by atoms with Crippen molar-refractivity contribution in [2.24, 2.45) is 0 Å². The van der Waals surface area contributed by atoms with E-state index >= 15 is 0 Å². The molecule has 0 radical (unpaired) electrons. The summed E-state index contributed by atoms with van der Waals surface area (Å²) in [6.45, 7) is 2.19. The smallest absolute Gasteiger partial charge is 0.123 e. The number of methoxy groups -OCH3 is 2. The van der Waals surface area contributed by atoms with Crippen LogP contribution in [0.5, 0.6) is 11.5 Å². The minimum atomic E-state index is 0.254. The highest BCUT2D eigenvalue weighted by molar-refractivity contribution is 8.03. The van der Waals surface area contributed by atoms with Crippen LogP contribution in [0.15, 0.2) is 18.2 Å². The first kappa shape index (κ1) is 15.9. The number of rotatable bonds is 5. The molecule has 1 aliphatic heterocycles. The molecule has 1 fully saturated rings. The van der Waals surface area contributed by atoms with E-state index in [0.29, 0.717) is 6.04 Å². The van der Waals surface area contributed by atoms with Crippen LogP contribution in [0, 0.1) is 0 Å². The Morgan fingerprint density at radius 2 is 1.85 bits per heavy atom. The largest absolute Gasteiger partial charge is 0.497 e. The van der Waals surface area contributed by atoms with Crippen LogP contribution in [0.4, 0.5) is 0 Å². The van der Waals surface area contributed by atoms with Crippen LogP contribution in [0.3, 0.4) is 0 Å². The Labute approximate surface area is 130 Å². The van der Waals surface area contributed by atoms with Gasteiger partial charge < -0.3 is 14.8 Å². The van der Waals surface area contributed by atoms with E-state index in [1.165, 1.54) is 23.0 Å². The van der Waals surface area contributed by atoms with Crippen molar-refractivity contribution in [3.63, 3.8) is 0 Å². The van der Waals surface area contributed by atoms with Gasteiger partial charge in [0.05, 0.1) is 14.2 Å². The molecule has 1 heterocycles. The van der Waals surface area contributed by atoms with Gasteiger partial charge >= 0.3 is 0 Å². The van der Waals surface area contributed by atoms with Crippen molar-refractivity contribution in [2.75, 3.05) is 37.2 Å². The molecule has 1 aromatic carbocycles. The molecule has 0 spiro atoms. The second-order valence-corrected chi connectivity index (χ2v) is 7.14. The highest BCUT2D eigenvalue weighted by atomic mass is 32.2. The number of benzene rings is 1. The molecule has 0 aliphatic carbocycles.